The number of carboxylic acids is 1. The normalized spacial score (nSPS) is 32.3. The molecule has 8 heteroatoms. The second-order valence-corrected chi connectivity index (χ2v) is 9.37. The molecule has 6 rings (SSSR count). The minimum atomic E-state index is -0.761. The van der Waals surface area contributed by atoms with Crippen molar-refractivity contribution in [2.45, 2.75) is 44.1 Å². The Kier molecular flexibility index (Phi) is 4.04. The van der Waals surface area contributed by atoms with Gasteiger partial charge in [0, 0.05) is 5.69 Å². The number of aromatic nitrogens is 2. The minimum absolute atomic E-state index is 0.00412. The van der Waals surface area contributed by atoms with Gasteiger partial charge in [-0.15, -0.1) is 0 Å². The number of aliphatic carboxylic acids is 1. The Morgan fingerprint density at radius 3 is 2.48 bits per heavy atom. The number of benzene rings is 1. The zero-order valence-electron chi connectivity index (χ0n) is 15.7. The molecule has 29 heavy (non-hydrogen) atoms. The van der Waals surface area contributed by atoms with Crippen LogP contribution in [-0.2, 0) is 10.3 Å². The molecule has 4 aliphatic rings. The second-order valence-electron chi connectivity index (χ2n) is 8.99. The van der Waals surface area contributed by atoms with E-state index in [1.807, 2.05) is 0 Å². The number of halogens is 2. The molecule has 2 unspecified atom stereocenters. The molecule has 4 aliphatic carbocycles. The molecule has 0 amide bonds. The van der Waals surface area contributed by atoms with Gasteiger partial charge < -0.3 is 10.4 Å². The molecule has 4 atom stereocenters. The summed E-state index contributed by atoms with van der Waals surface area (Å²) in [6.45, 7) is 0. The maximum Gasteiger partial charge on any atom is 0.309 e. The lowest BCUT2D eigenvalue weighted by Gasteiger charge is -2.60. The van der Waals surface area contributed by atoms with Crippen LogP contribution in [0.4, 0.5) is 15.8 Å². The average Bonchev–Trinajstić information content (AvgIpc) is 2.66. The summed E-state index contributed by atoms with van der Waals surface area (Å²) in [5, 5.41) is 17.3. The van der Waals surface area contributed by atoms with E-state index in [4.69, 9.17) is 11.6 Å². The molecule has 152 valence electrons. The Morgan fingerprint density at radius 2 is 1.86 bits per heavy atom. The van der Waals surface area contributed by atoms with E-state index < -0.39 is 22.5 Å². The van der Waals surface area contributed by atoms with Crippen molar-refractivity contribution in [1.82, 2.24) is 9.78 Å². The summed E-state index contributed by atoms with van der Waals surface area (Å²) in [7, 11) is 0. The third-order valence-electron chi connectivity index (χ3n) is 6.98. The maximum atomic E-state index is 13.1. The molecule has 1 heterocycles. The minimum Gasteiger partial charge on any atom is -0.481 e. The van der Waals surface area contributed by atoms with E-state index in [1.54, 1.807) is 12.1 Å². The number of nitrogens with one attached hydrogen (secondary N) is 1. The van der Waals surface area contributed by atoms with Crippen LogP contribution in [0.3, 0.4) is 0 Å². The number of rotatable bonds is 4. The van der Waals surface area contributed by atoms with E-state index in [9.17, 15) is 19.1 Å². The van der Waals surface area contributed by atoms with Gasteiger partial charge in [0.1, 0.15) is 10.8 Å². The predicted octanol–water partition coefficient (Wildman–Crippen LogP) is 4.16. The molecule has 2 N–H and O–H groups in total. The summed E-state index contributed by atoms with van der Waals surface area (Å²) in [5.74, 6) is -0.511. The number of anilines is 2. The van der Waals surface area contributed by atoms with Crippen LogP contribution in [0.25, 0.3) is 0 Å². The number of hydrogen-bond acceptors (Lipinski definition) is 4. The van der Waals surface area contributed by atoms with Crippen LogP contribution in [0.1, 0.15) is 38.5 Å². The summed E-state index contributed by atoms with van der Waals surface area (Å²) >= 11 is 6.39. The van der Waals surface area contributed by atoms with Gasteiger partial charge in [-0.2, -0.15) is 5.10 Å². The molecule has 0 saturated heterocycles. The first kappa shape index (κ1) is 18.6. The topological polar surface area (TPSA) is 84.2 Å². The molecule has 0 spiro atoms. The molecule has 4 bridgehead atoms. The molecule has 4 fully saturated rings. The predicted molar refractivity (Wildman–Crippen MR) is 106 cm³/mol. The smallest absolute Gasteiger partial charge is 0.309 e. The Morgan fingerprint density at radius 1 is 1.21 bits per heavy atom. The number of carboxylic acid groups (broad SMARTS) is 1. The molecule has 2 aromatic rings. The first-order valence-corrected chi connectivity index (χ1v) is 10.2. The van der Waals surface area contributed by atoms with Gasteiger partial charge in [0.2, 0.25) is 0 Å². The summed E-state index contributed by atoms with van der Waals surface area (Å²) in [6.07, 6.45) is 5.87. The van der Waals surface area contributed by atoms with Gasteiger partial charge in [-0.05, 0) is 74.6 Å². The highest BCUT2D eigenvalue weighted by atomic mass is 35.5. The number of hydrogen-bond donors (Lipinski definition) is 2. The largest absolute Gasteiger partial charge is 0.481 e. The van der Waals surface area contributed by atoms with Crippen LogP contribution < -0.4 is 10.9 Å². The van der Waals surface area contributed by atoms with Gasteiger partial charge in [0.05, 0.1) is 22.8 Å². The first-order chi connectivity index (χ1) is 13.8. The molecular formula is C21H21ClFN3O3. The third kappa shape index (κ3) is 2.86. The zero-order chi connectivity index (χ0) is 20.4. The summed E-state index contributed by atoms with van der Waals surface area (Å²) in [5.41, 5.74) is -0.828. The first-order valence-electron chi connectivity index (χ1n) is 9.85. The zero-order valence-corrected chi connectivity index (χ0v) is 16.5. The van der Waals surface area contributed by atoms with E-state index >= 15 is 0 Å². The molecule has 1 aromatic carbocycles. The molecule has 0 radical (unpaired) electrons. The third-order valence-corrected chi connectivity index (χ3v) is 7.34. The van der Waals surface area contributed by atoms with E-state index in [1.165, 1.54) is 23.0 Å². The second kappa shape index (κ2) is 6.29. The lowest BCUT2D eigenvalue weighted by atomic mass is 9.47. The highest BCUT2D eigenvalue weighted by molar-refractivity contribution is 6.33. The van der Waals surface area contributed by atoms with E-state index in [0.717, 1.165) is 19.3 Å². The lowest BCUT2D eigenvalue weighted by molar-refractivity contribution is -0.173. The molecule has 6 nitrogen and oxygen atoms in total. The van der Waals surface area contributed by atoms with Crippen molar-refractivity contribution < 1.29 is 14.3 Å². The molecular weight excluding hydrogens is 397 g/mol. The Hall–Kier alpha value is -2.41. The number of nitrogens with zero attached hydrogens (tertiary/aromatic N) is 2. The average molecular weight is 418 g/mol. The van der Waals surface area contributed by atoms with Crippen molar-refractivity contribution in [2.24, 2.45) is 17.3 Å². The SMILES string of the molecule is O=C(O)C12C[C@H]3C[C@@H](C1)CC(n1ncc(Nc4ccc(F)cc4)c(Cl)c1=O)(C3)C2. The fraction of sp³-hybridized carbons (Fsp3) is 0.476. The van der Waals surface area contributed by atoms with E-state index in [0.29, 0.717) is 42.5 Å². The van der Waals surface area contributed by atoms with Crippen molar-refractivity contribution in [3.63, 3.8) is 0 Å². The summed E-state index contributed by atoms with van der Waals surface area (Å²) < 4.78 is 14.6. The summed E-state index contributed by atoms with van der Waals surface area (Å²) in [4.78, 5) is 25.2. The quantitative estimate of drug-likeness (QED) is 0.780. The Labute approximate surface area is 171 Å². The van der Waals surface area contributed by atoms with Crippen molar-refractivity contribution in [3.05, 3.63) is 51.7 Å². The Balaban J connectivity index is 1.52. The van der Waals surface area contributed by atoms with Crippen LogP contribution >= 0.6 is 11.6 Å². The van der Waals surface area contributed by atoms with Crippen molar-refractivity contribution in [1.29, 1.82) is 0 Å². The van der Waals surface area contributed by atoms with Crippen LogP contribution in [0.5, 0.6) is 0 Å². The van der Waals surface area contributed by atoms with Crippen molar-refractivity contribution >= 4 is 28.9 Å². The number of carbonyl (C=O) groups is 1. The molecule has 1 aromatic heterocycles. The fourth-order valence-electron chi connectivity index (χ4n) is 6.26. The van der Waals surface area contributed by atoms with Crippen molar-refractivity contribution in [3.8, 4) is 0 Å². The van der Waals surface area contributed by atoms with Gasteiger partial charge in [0.15, 0.2) is 0 Å². The molecule has 0 aliphatic heterocycles. The standard InChI is InChI=1S/C21H21ClFN3O3/c22-17-16(25-15-3-1-14(23)2-4-15)10-24-26(18(17)27)21-8-12-5-13(9-21)7-20(6-12,11-21)19(28)29/h1-4,10,12-13,25H,5-9,11H2,(H,28,29)/t12-,13+,20?,21?. The fourth-order valence-corrected chi connectivity index (χ4v) is 6.43. The van der Waals surface area contributed by atoms with Gasteiger partial charge in [-0.3, -0.25) is 9.59 Å². The lowest BCUT2D eigenvalue weighted by Crippen LogP contribution is -2.61. The Bertz CT molecular complexity index is 1040. The van der Waals surface area contributed by atoms with Gasteiger partial charge in [-0.25, -0.2) is 9.07 Å². The van der Waals surface area contributed by atoms with Crippen LogP contribution in [0.15, 0.2) is 35.3 Å². The van der Waals surface area contributed by atoms with Gasteiger partial charge in [-0.1, -0.05) is 11.6 Å². The van der Waals surface area contributed by atoms with Gasteiger partial charge in [0.25, 0.3) is 5.56 Å². The van der Waals surface area contributed by atoms with Crippen LogP contribution in [0.2, 0.25) is 5.02 Å². The summed E-state index contributed by atoms with van der Waals surface area (Å²) in [6, 6.07) is 5.72. The highest BCUT2D eigenvalue weighted by Gasteiger charge is 2.62. The van der Waals surface area contributed by atoms with Crippen molar-refractivity contribution in [2.75, 3.05) is 5.32 Å². The van der Waals surface area contributed by atoms with Gasteiger partial charge >= 0.3 is 5.97 Å². The monoisotopic (exact) mass is 417 g/mol. The van der Waals surface area contributed by atoms with E-state index in [-0.39, 0.29) is 10.8 Å². The van der Waals surface area contributed by atoms with E-state index in [2.05, 4.69) is 10.4 Å². The van der Waals surface area contributed by atoms with Crippen LogP contribution in [0, 0.1) is 23.1 Å². The molecule has 4 saturated carbocycles. The highest BCUT2D eigenvalue weighted by Crippen LogP contribution is 2.63. The maximum absolute atomic E-state index is 13.1. The van der Waals surface area contributed by atoms with Crippen LogP contribution in [-0.4, -0.2) is 20.9 Å².